The number of carboxylic acid groups (broad SMARTS) is 1. The standard InChI is InChI=1S/C18H27NO6/c1-4-24-18(23)19(3)11-5-6-12-10(7-11)8-13-14(15(12)16(20)21)9(2)25-17(13)22/h9-15H,4-8H2,1-3H3,(H,20,21)/t9-,10+,11-,12-,13-,14-,15+/m1/s1. The molecule has 1 amide bonds. The van der Waals surface area contributed by atoms with Gasteiger partial charge in [-0.05, 0) is 51.4 Å². The van der Waals surface area contributed by atoms with Crippen LogP contribution in [-0.4, -0.2) is 53.8 Å². The molecule has 3 fully saturated rings. The van der Waals surface area contributed by atoms with Gasteiger partial charge in [-0.3, -0.25) is 9.59 Å². The molecule has 7 atom stereocenters. The quantitative estimate of drug-likeness (QED) is 0.782. The minimum absolute atomic E-state index is 0.0288. The van der Waals surface area contributed by atoms with Gasteiger partial charge in [-0.1, -0.05) is 0 Å². The van der Waals surface area contributed by atoms with E-state index in [1.54, 1.807) is 25.8 Å². The summed E-state index contributed by atoms with van der Waals surface area (Å²) < 4.78 is 10.4. The van der Waals surface area contributed by atoms with Gasteiger partial charge in [-0.25, -0.2) is 4.79 Å². The normalized spacial score (nSPS) is 39.8. The molecule has 2 saturated carbocycles. The van der Waals surface area contributed by atoms with Crippen molar-refractivity contribution >= 4 is 18.0 Å². The van der Waals surface area contributed by atoms with Crippen molar-refractivity contribution in [3.8, 4) is 0 Å². The first-order valence-electron chi connectivity index (χ1n) is 9.18. The molecule has 0 aromatic heterocycles. The van der Waals surface area contributed by atoms with Crippen LogP contribution in [0, 0.1) is 29.6 Å². The molecule has 0 unspecified atom stereocenters. The lowest BCUT2D eigenvalue weighted by Gasteiger charge is -2.47. The van der Waals surface area contributed by atoms with Crippen molar-refractivity contribution in [2.24, 2.45) is 29.6 Å². The minimum atomic E-state index is -0.827. The number of amides is 1. The molecule has 1 N–H and O–H groups in total. The molecular formula is C18H27NO6. The van der Waals surface area contributed by atoms with Crippen molar-refractivity contribution in [1.82, 2.24) is 4.90 Å². The van der Waals surface area contributed by atoms with Gasteiger partial charge in [0.25, 0.3) is 0 Å². The zero-order chi connectivity index (χ0) is 18.3. The van der Waals surface area contributed by atoms with E-state index in [-0.39, 0.29) is 47.9 Å². The van der Waals surface area contributed by atoms with Crippen LogP contribution in [0.3, 0.4) is 0 Å². The van der Waals surface area contributed by atoms with Gasteiger partial charge in [-0.2, -0.15) is 0 Å². The summed E-state index contributed by atoms with van der Waals surface area (Å²) >= 11 is 0. The van der Waals surface area contributed by atoms with E-state index in [9.17, 15) is 19.5 Å². The Hall–Kier alpha value is -1.79. The number of carbonyl (C=O) groups is 3. The van der Waals surface area contributed by atoms with Crippen LogP contribution in [0.1, 0.15) is 39.5 Å². The molecule has 1 heterocycles. The number of ether oxygens (including phenoxy) is 2. The van der Waals surface area contributed by atoms with Crippen molar-refractivity contribution in [3.63, 3.8) is 0 Å². The average Bonchev–Trinajstić information content (AvgIpc) is 2.85. The lowest BCUT2D eigenvalue weighted by atomic mass is 9.57. The van der Waals surface area contributed by atoms with E-state index >= 15 is 0 Å². The maximum absolute atomic E-state index is 12.2. The number of aliphatic carboxylic acids is 1. The highest BCUT2D eigenvalue weighted by Gasteiger charge is 2.57. The van der Waals surface area contributed by atoms with E-state index < -0.39 is 11.9 Å². The summed E-state index contributed by atoms with van der Waals surface area (Å²) in [6.07, 6.45) is 2.22. The maximum Gasteiger partial charge on any atom is 0.409 e. The van der Waals surface area contributed by atoms with Gasteiger partial charge in [0.1, 0.15) is 6.10 Å². The van der Waals surface area contributed by atoms with Crippen LogP contribution in [0.25, 0.3) is 0 Å². The molecule has 7 heteroatoms. The molecule has 2 aliphatic carbocycles. The molecular weight excluding hydrogens is 326 g/mol. The van der Waals surface area contributed by atoms with E-state index in [2.05, 4.69) is 0 Å². The molecule has 0 aromatic carbocycles. The van der Waals surface area contributed by atoms with E-state index in [0.717, 1.165) is 12.8 Å². The Labute approximate surface area is 147 Å². The summed E-state index contributed by atoms with van der Waals surface area (Å²) in [6, 6.07) is 0.0288. The third-order valence-electron chi connectivity index (χ3n) is 6.45. The molecule has 25 heavy (non-hydrogen) atoms. The van der Waals surface area contributed by atoms with E-state index in [1.165, 1.54) is 0 Å². The summed E-state index contributed by atoms with van der Waals surface area (Å²) in [5.41, 5.74) is 0. The van der Waals surface area contributed by atoms with Crippen molar-refractivity contribution in [1.29, 1.82) is 0 Å². The van der Waals surface area contributed by atoms with E-state index in [0.29, 0.717) is 19.4 Å². The number of fused-ring (bicyclic) bond motifs is 2. The fraction of sp³-hybridized carbons (Fsp3) is 0.833. The average molecular weight is 353 g/mol. The van der Waals surface area contributed by atoms with Crippen LogP contribution in [0.15, 0.2) is 0 Å². The Balaban J connectivity index is 1.78. The van der Waals surface area contributed by atoms with Gasteiger partial charge in [0.2, 0.25) is 0 Å². The second kappa shape index (κ2) is 6.84. The highest BCUT2D eigenvalue weighted by molar-refractivity contribution is 5.79. The number of carbonyl (C=O) groups excluding carboxylic acids is 2. The van der Waals surface area contributed by atoms with Gasteiger partial charge in [0, 0.05) is 19.0 Å². The first kappa shape index (κ1) is 18.0. The third kappa shape index (κ3) is 3.09. The second-order valence-corrected chi connectivity index (χ2v) is 7.63. The zero-order valence-corrected chi connectivity index (χ0v) is 15.0. The first-order chi connectivity index (χ1) is 11.8. The molecule has 1 aliphatic heterocycles. The monoisotopic (exact) mass is 353 g/mol. The number of carboxylic acids is 1. The number of rotatable bonds is 3. The molecule has 3 aliphatic rings. The summed E-state index contributed by atoms with van der Waals surface area (Å²) in [4.78, 5) is 37.7. The van der Waals surface area contributed by atoms with Crippen molar-refractivity contribution in [2.45, 2.75) is 51.7 Å². The number of hydrogen-bond acceptors (Lipinski definition) is 5. The van der Waals surface area contributed by atoms with Gasteiger partial charge >= 0.3 is 18.0 Å². The Morgan fingerprint density at radius 2 is 2.04 bits per heavy atom. The van der Waals surface area contributed by atoms with Crippen LogP contribution in [0.4, 0.5) is 4.79 Å². The van der Waals surface area contributed by atoms with Gasteiger partial charge in [0.15, 0.2) is 0 Å². The Kier molecular flexibility index (Phi) is 4.93. The summed E-state index contributed by atoms with van der Waals surface area (Å²) in [5, 5.41) is 9.81. The van der Waals surface area contributed by atoms with E-state index in [4.69, 9.17) is 9.47 Å². The minimum Gasteiger partial charge on any atom is -0.481 e. The second-order valence-electron chi connectivity index (χ2n) is 7.63. The SMILES string of the molecule is CCOC(=O)N(C)[C@@H]1CC[C@@H]2[C@@H](C1)C[C@H]1C(=O)O[C@H](C)[C@H]1[C@H]2C(=O)O. The fourth-order valence-corrected chi connectivity index (χ4v) is 5.32. The van der Waals surface area contributed by atoms with Gasteiger partial charge < -0.3 is 19.5 Å². The Morgan fingerprint density at radius 1 is 1.32 bits per heavy atom. The highest BCUT2D eigenvalue weighted by atomic mass is 16.6. The van der Waals surface area contributed by atoms with Crippen molar-refractivity contribution in [2.75, 3.05) is 13.7 Å². The molecule has 3 rings (SSSR count). The zero-order valence-electron chi connectivity index (χ0n) is 15.0. The summed E-state index contributed by atoms with van der Waals surface area (Å²) in [5.74, 6) is -2.03. The number of hydrogen-bond donors (Lipinski definition) is 1. The molecule has 140 valence electrons. The van der Waals surface area contributed by atoms with Gasteiger partial charge in [-0.15, -0.1) is 0 Å². The molecule has 1 saturated heterocycles. The third-order valence-corrected chi connectivity index (χ3v) is 6.45. The first-order valence-corrected chi connectivity index (χ1v) is 9.18. The lowest BCUT2D eigenvalue weighted by Crippen LogP contribution is -2.51. The summed E-state index contributed by atoms with van der Waals surface area (Å²) in [6.45, 7) is 3.91. The molecule has 0 radical (unpaired) electrons. The predicted octanol–water partition coefficient (Wildman–Crippen LogP) is 2.14. The molecule has 0 spiro atoms. The van der Waals surface area contributed by atoms with Crippen LogP contribution < -0.4 is 0 Å². The Bertz CT molecular complexity index is 564. The number of nitrogens with zero attached hydrogens (tertiary/aromatic N) is 1. The predicted molar refractivity (Wildman–Crippen MR) is 87.7 cm³/mol. The van der Waals surface area contributed by atoms with Crippen molar-refractivity contribution in [3.05, 3.63) is 0 Å². The van der Waals surface area contributed by atoms with Crippen LogP contribution in [0.5, 0.6) is 0 Å². The lowest BCUT2D eigenvalue weighted by molar-refractivity contribution is -0.153. The summed E-state index contributed by atoms with van der Waals surface area (Å²) in [7, 11) is 1.73. The fourth-order valence-electron chi connectivity index (χ4n) is 5.32. The topological polar surface area (TPSA) is 93.1 Å². The van der Waals surface area contributed by atoms with Gasteiger partial charge in [0.05, 0.1) is 18.4 Å². The highest BCUT2D eigenvalue weighted by Crippen LogP contribution is 2.53. The van der Waals surface area contributed by atoms with E-state index in [1.807, 2.05) is 0 Å². The molecule has 0 aromatic rings. The van der Waals surface area contributed by atoms with Crippen molar-refractivity contribution < 1.29 is 29.0 Å². The maximum atomic E-state index is 12.2. The molecule has 0 bridgehead atoms. The smallest absolute Gasteiger partial charge is 0.409 e. The number of cyclic esters (lactones) is 1. The van der Waals surface area contributed by atoms with Crippen LogP contribution in [-0.2, 0) is 19.1 Å². The number of esters is 1. The Morgan fingerprint density at radius 3 is 2.68 bits per heavy atom. The molecule has 7 nitrogen and oxygen atoms in total. The van der Waals surface area contributed by atoms with Crippen LogP contribution in [0.2, 0.25) is 0 Å². The van der Waals surface area contributed by atoms with Crippen LogP contribution >= 0.6 is 0 Å². The largest absolute Gasteiger partial charge is 0.481 e.